The molecule has 3 amide bonds. The zero-order chi connectivity index (χ0) is 19.7. The number of thioether (sulfide) groups is 1. The molecular weight excluding hydrogens is 374 g/mol. The fourth-order valence-corrected chi connectivity index (χ4v) is 4.97. The van der Waals surface area contributed by atoms with Crippen molar-refractivity contribution in [2.45, 2.75) is 32.4 Å². The Hall–Kier alpha value is -2.41. The molecule has 3 atom stereocenters. The molecule has 0 N–H and O–H groups in total. The normalized spacial score (nSPS) is 26.8. The lowest BCUT2D eigenvalue weighted by molar-refractivity contribution is -0.149. The molecule has 2 saturated heterocycles. The van der Waals surface area contributed by atoms with Crippen molar-refractivity contribution in [3.63, 3.8) is 0 Å². The fourth-order valence-electron chi connectivity index (χ4n) is 4.02. The zero-order valence-electron chi connectivity index (χ0n) is 15.8. The summed E-state index contributed by atoms with van der Waals surface area (Å²) < 4.78 is 0. The number of amides is 3. The number of likely N-dealkylation sites (tertiary alicyclic amines) is 1. The summed E-state index contributed by atoms with van der Waals surface area (Å²) in [6, 6.07) is 9.06. The summed E-state index contributed by atoms with van der Waals surface area (Å²) in [4.78, 5) is 46.1. The molecule has 6 nitrogen and oxygen atoms in total. The van der Waals surface area contributed by atoms with Crippen LogP contribution >= 0.6 is 11.8 Å². The summed E-state index contributed by atoms with van der Waals surface area (Å²) in [5, 5.41) is 0.666. The monoisotopic (exact) mass is 397 g/mol. The van der Waals surface area contributed by atoms with Crippen molar-refractivity contribution in [1.29, 1.82) is 0 Å². The summed E-state index contributed by atoms with van der Waals surface area (Å²) in [7, 11) is 0. The first-order valence-corrected chi connectivity index (χ1v) is 10.6. The molecule has 2 heterocycles. The third-order valence-corrected chi connectivity index (χ3v) is 6.56. The molecule has 0 saturated carbocycles. The number of hydrogen-bond acceptors (Lipinski definition) is 5. The number of aliphatic imine (C=N–C) groups is 1. The van der Waals surface area contributed by atoms with Gasteiger partial charge in [-0.1, -0.05) is 54.2 Å². The average molecular weight is 398 g/mol. The lowest BCUT2D eigenvalue weighted by atomic mass is 9.85. The maximum Gasteiger partial charge on any atom is 0.251 e. The van der Waals surface area contributed by atoms with Crippen LogP contribution in [0.3, 0.4) is 0 Å². The highest BCUT2D eigenvalue weighted by atomic mass is 32.2. The number of fused-ring (bicyclic) bond motifs is 1. The molecule has 0 bridgehead atoms. The van der Waals surface area contributed by atoms with Crippen LogP contribution in [0.1, 0.15) is 25.3 Å². The van der Waals surface area contributed by atoms with Crippen LogP contribution in [0.25, 0.3) is 0 Å². The van der Waals surface area contributed by atoms with Gasteiger partial charge in [0.2, 0.25) is 11.8 Å². The highest BCUT2D eigenvalue weighted by molar-refractivity contribution is 8.14. The molecule has 0 radical (unpaired) electrons. The Balaban J connectivity index is 1.48. The Morgan fingerprint density at radius 1 is 1.14 bits per heavy atom. The number of nitrogens with zero attached hydrogens (tertiary/aromatic N) is 3. The second-order valence-electron chi connectivity index (χ2n) is 7.30. The number of amidine groups is 1. The van der Waals surface area contributed by atoms with Crippen LogP contribution in [0, 0.1) is 11.8 Å². The largest absolute Gasteiger partial charge is 0.289 e. The number of benzene rings is 1. The fraction of sp³-hybridized carbons (Fsp3) is 0.429. The standard InChI is InChI=1S/C21H23N3O3S/c1-14(24-19(26)16-9-5-6-10-17(16)20(24)27)18(25)23-11-12-28-21(23)22-13-15-7-3-2-4-8-15/h2-8,14,16-17H,9-13H2,1H3/t14-,16+,17+/m0/s1. The van der Waals surface area contributed by atoms with E-state index >= 15 is 0 Å². The van der Waals surface area contributed by atoms with Gasteiger partial charge in [0.15, 0.2) is 5.17 Å². The van der Waals surface area contributed by atoms with Crippen LogP contribution in [-0.2, 0) is 20.9 Å². The molecule has 146 valence electrons. The van der Waals surface area contributed by atoms with Crippen LogP contribution in [0.4, 0.5) is 0 Å². The molecule has 2 aliphatic heterocycles. The second-order valence-corrected chi connectivity index (χ2v) is 8.36. The molecule has 0 aromatic heterocycles. The van der Waals surface area contributed by atoms with Crippen molar-refractivity contribution in [2.24, 2.45) is 16.8 Å². The molecule has 0 unspecified atom stereocenters. The van der Waals surface area contributed by atoms with Gasteiger partial charge in [0.1, 0.15) is 6.04 Å². The highest BCUT2D eigenvalue weighted by Gasteiger charge is 2.51. The smallest absolute Gasteiger partial charge is 0.251 e. The van der Waals surface area contributed by atoms with Gasteiger partial charge in [-0.05, 0) is 25.3 Å². The topological polar surface area (TPSA) is 70.1 Å². The third-order valence-electron chi connectivity index (χ3n) is 5.57. The number of imide groups is 1. The summed E-state index contributed by atoms with van der Waals surface area (Å²) in [6.45, 7) is 2.70. The molecule has 28 heavy (non-hydrogen) atoms. The molecule has 3 aliphatic rings. The molecule has 1 aromatic rings. The first kappa shape index (κ1) is 18.9. The van der Waals surface area contributed by atoms with Gasteiger partial charge >= 0.3 is 0 Å². The Morgan fingerprint density at radius 2 is 1.79 bits per heavy atom. The number of hydrogen-bond donors (Lipinski definition) is 0. The van der Waals surface area contributed by atoms with Gasteiger partial charge in [-0.15, -0.1) is 0 Å². The Bertz CT molecular complexity index is 826. The summed E-state index contributed by atoms with van der Waals surface area (Å²) >= 11 is 1.54. The molecule has 7 heteroatoms. The predicted octanol–water partition coefficient (Wildman–Crippen LogP) is 2.46. The number of carbonyl (C=O) groups excluding carboxylic acids is 3. The Kier molecular flexibility index (Phi) is 5.35. The van der Waals surface area contributed by atoms with Crippen molar-refractivity contribution in [3.8, 4) is 0 Å². The number of allylic oxidation sites excluding steroid dienone is 2. The van der Waals surface area contributed by atoms with Crippen molar-refractivity contribution in [3.05, 3.63) is 48.0 Å². The van der Waals surface area contributed by atoms with Crippen LogP contribution in [0.2, 0.25) is 0 Å². The molecule has 0 spiro atoms. The van der Waals surface area contributed by atoms with E-state index < -0.39 is 6.04 Å². The molecule has 2 fully saturated rings. The van der Waals surface area contributed by atoms with Gasteiger partial charge in [-0.25, -0.2) is 0 Å². The van der Waals surface area contributed by atoms with Crippen molar-refractivity contribution < 1.29 is 14.4 Å². The van der Waals surface area contributed by atoms with E-state index in [0.717, 1.165) is 11.3 Å². The van der Waals surface area contributed by atoms with Crippen LogP contribution in [0.15, 0.2) is 47.5 Å². The van der Waals surface area contributed by atoms with Crippen molar-refractivity contribution >= 4 is 34.7 Å². The summed E-state index contributed by atoms with van der Waals surface area (Å²) in [5.74, 6) is -0.517. The Labute approximate surface area is 168 Å². The van der Waals surface area contributed by atoms with Crippen molar-refractivity contribution in [2.75, 3.05) is 12.3 Å². The first-order chi connectivity index (χ1) is 13.6. The number of carbonyl (C=O) groups is 3. The molecule has 1 aromatic carbocycles. The van der Waals surface area contributed by atoms with Gasteiger partial charge in [-0.3, -0.25) is 29.2 Å². The highest BCUT2D eigenvalue weighted by Crippen LogP contribution is 2.36. The van der Waals surface area contributed by atoms with E-state index in [1.165, 1.54) is 16.7 Å². The van der Waals surface area contributed by atoms with E-state index in [2.05, 4.69) is 4.99 Å². The van der Waals surface area contributed by atoms with Crippen LogP contribution in [-0.4, -0.2) is 51.0 Å². The zero-order valence-corrected chi connectivity index (χ0v) is 16.6. The minimum absolute atomic E-state index is 0.213. The van der Waals surface area contributed by atoms with Crippen molar-refractivity contribution in [1.82, 2.24) is 9.80 Å². The average Bonchev–Trinajstić information content (AvgIpc) is 3.29. The second kappa shape index (κ2) is 7.91. The van der Waals surface area contributed by atoms with Gasteiger partial charge in [0, 0.05) is 12.3 Å². The quantitative estimate of drug-likeness (QED) is 0.578. The van der Waals surface area contributed by atoms with Gasteiger partial charge in [0.25, 0.3) is 5.91 Å². The maximum absolute atomic E-state index is 13.1. The maximum atomic E-state index is 13.1. The molecular formula is C21H23N3O3S. The first-order valence-electron chi connectivity index (χ1n) is 9.62. The van der Waals surface area contributed by atoms with Crippen LogP contribution < -0.4 is 0 Å². The van der Waals surface area contributed by atoms with E-state index in [0.29, 0.717) is 31.1 Å². The van der Waals surface area contributed by atoms with E-state index in [9.17, 15) is 14.4 Å². The predicted molar refractivity (Wildman–Crippen MR) is 108 cm³/mol. The number of rotatable bonds is 4. The minimum atomic E-state index is -0.800. The van der Waals surface area contributed by atoms with E-state index in [1.807, 2.05) is 42.5 Å². The lowest BCUT2D eigenvalue weighted by Crippen LogP contribution is -2.50. The van der Waals surface area contributed by atoms with Gasteiger partial charge in [0.05, 0.1) is 18.4 Å². The lowest BCUT2D eigenvalue weighted by Gasteiger charge is -2.26. The summed E-state index contributed by atoms with van der Waals surface area (Å²) in [5.41, 5.74) is 1.07. The Morgan fingerprint density at radius 3 is 2.43 bits per heavy atom. The van der Waals surface area contributed by atoms with E-state index in [-0.39, 0.29) is 29.6 Å². The third kappa shape index (κ3) is 3.39. The summed E-state index contributed by atoms with van der Waals surface area (Å²) in [6.07, 6.45) is 5.06. The van der Waals surface area contributed by atoms with E-state index in [1.54, 1.807) is 11.8 Å². The molecule has 1 aliphatic carbocycles. The van der Waals surface area contributed by atoms with Gasteiger partial charge in [-0.2, -0.15) is 0 Å². The minimum Gasteiger partial charge on any atom is -0.289 e. The SMILES string of the molecule is C[C@@H](C(=O)N1CCSC1=NCc1ccccc1)N1C(=O)[C@@H]2CC=CC[C@H]2C1=O. The van der Waals surface area contributed by atoms with E-state index in [4.69, 9.17) is 0 Å². The van der Waals surface area contributed by atoms with Crippen LogP contribution in [0.5, 0.6) is 0 Å². The van der Waals surface area contributed by atoms with Gasteiger partial charge < -0.3 is 0 Å². The molecule has 4 rings (SSSR count).